The van der Waals surface area contributed by atoms with E-state index >= 15 is 0 Å². The molecule has 0 bridgehead atoms. The molecule has 0 unspecified atom stereocenters. The Morgan fingerprint density at radius 2 is 1.58 bits per heavy atom. The zero-order chi connectivity index (χ0) is 23.5. The van der Waals surface area contributed by atoms with Crippen LogP contribution in [0, 0.1) is 13.8 Å². The Hall–Kier alpha value is -4.26. The minimum absolute atomic E-state index is 0.154. The fourth-order valence-electron chi connectivity index (χ4n) is 3.83. The number of carbonyl (C=O) groups is 3. The number of benzene rings is 2. The number of hydrogen-bond acceptors (Lipinski definition) is 5. The number of hydrogen-bond donors (Lipinski definition) is 2. The summed E-state index contributed by atoms with van der Waals surface area (Å²) in [7, 11) is 0. The van der Waals surface area contributed by atoms with Crippen LogP contribution in [0.4, 0.5) is 11.4 Å². The monoisotopic (exact) mass is 440 g/mol. The van der Waals surface area contributed by atoms with Gasteiger partial charge in [0.15, 0.2) is 0 Å². The maximum Gasteiger partial charge on any atom is 0.278 e. The molecule has 2 aromatic carbocycles. The van der Waals surface area contributed by atoms with Crippen molar-refractivity contribution in [1.29, 1.82) is 0 Å². The van der Waals surface area contributed by atoms with Crippen molar-refractivity contribution in [2.24, 2.45) is 0 Å². The molecule has 3 aromatic rings. The molecule has 0 saturated carbocycles. The molecule has 33 heavy (non-hydrogen) atoms. The summed E-state index contributed by atoms with van der Waals surface area (Å²) in [6, 6.07) is 16.3. The maximum absolute atomic E-state index is 13.5. The predicted octanol–water partition coefficient (Wildman–Crippen LogP) is 4.05. The summed E-state index contributed by atoms with van der Waals surface area (Å²) in [5.74, 6) is -0.905. The lowest BCUT2D eigenvalue weighted by Crippen LogP contribution is -2.32. The fraction of sp³-hybridized carbons (Fsp3) is 0.154. The number of amides is 3. The average Bonchev–Trinajstić information content (AvgIpc) is 3.00. The van der Waals surface area contributed by atoms with E-state index in [9.17, 15) is 14.4 Å². The number of imide groups is 1. The first-order chi connectivity index (χ1) is 15.8. The van der Waals surface area contributed by atoms with E-state index in [0.717, 1.165) is 16.7 Å². The van der Waals surface area contributed by atoms with Crippen LogP contribution in [0.3, 0.4) is 0 Å². The number of aromatic nitrogens is 1. The molecule has 0 spiro atoms. The molecular weight excluding hydrogens is 416 g/mol. The first kappa shape index (κ1) is 22.0. The van der Waals surface area contributed by atoms with E-state index in [0.29, 0.717) is 22.5 Å². The Bertz CT molecular complexity index is 1260. The summed E-state index contributed by atoms with van der Waals surface area (Å²) in [6.45, 7) is 5.51. The van der Waals surface area contributed by atoms with Crippen molar-refractivity contribution >= 4 is 34.7 Å². The second-order valence-corrected chi connectivity index (χ2v) is 8.00. The number of carbonyl (C=O) groups excluding carboxylic acids is 3. The summed E-state index contributed by atoms with van der Waals surface area (Å²) >= 11 is 0. The first-order valence-corrected chi connectivity index (χ1v) is 10.5. The molecular formula is C26H24N4O3. The van der Waals surface area contributed by atoms with E-state index in [1.807, 2.05) is 32.0 Å². The highest BCUT2D eigenvalue weighted by molar-refractivity contribution is 6.36. The molecule has 0 fully saturated rings. The SMILES string of the molecule is CC(=O)Nc1ccc(NC2=C(c3ccc(C)cc3C)C(=O)N(Cc3ccncc3)C2=O)cc1. The van der Waals surface area contributed by atoms with Crippen molar-refractivity contribution < 1.29 is 14.4 Å². The van der Waals surface area contributed by atoms with E-state index in [4.69, 9.17) is 0 Å². The molecule has 1 aliphatic heterocycles. The van der Waals surface area contributed by atoms with E-state index in [2.05, 4.69) is 15.6 Å². The third-order valence-electron chi connectivity index (χ3n) is 5.38. The topological polar surface area (TPSA) is 91.4 Å². The standard InChI is InChI=1S/C26H24N4O3/c1-16-4-9-22(17(2)14-16)23-24(29-21-7-5-20(6-8-21)28-18(3)31)26(33)30(25(23)32)15-19-10-12-27-13-11-19/h4-14,29H,15H2,1-3H3,(H,28,31). The molecule has 0 atom stereocenters. The smallest absolute Gasteiger partial charge is 0.278 e. The Balaban J connectivity index is 1.72. The zero-order valence-electron chi connectivity index (χ0n) is 18.7. The molecule has 1 aromatic heterocycles. The van der Waals surface area contributed by atoms with E-state index in [1.165, 1.54) is 11.8 Å². The van der Waals surface area contributed by atoms with Gasteiger partial charge in [-0.15, -0.1) is 0 Å². The molecule has 0 saturated heterocycles. The zero-order valence-corrected chi connectivity index (χ0v) is 18.7. The number of anilines is 2. The Kier molecular flexibility index (Phi) is 6.04. The van der Waals surface area contributed by atoms with Crippen LogP contribution >= 0.6 is 0 Å². The third-order valence-corrected chi connectivity index (χ3v) is 5.38. The van der Waals surface area contributed by atoms with Gasteiger partial charge in [0.05, 0.1) is 12.1 Å². The van der Waals surface area contributed by atoms with Crippen LogP contribution in [0.5, 0.6) is 0 Å². The van der Waals surface area contributed by atoms with Gasteiger partial charge in [-0.05, 0) is 66.9 Å². The largest absolute Gasteiger partial charge is 0.350 e. The quantitative estimate of drug-likeness (QED) is 0.565. The molecule has 3 amide bonds. The van der Waals surface area contributed by atoms with Crippen molar-refractivity contribution in [3.05, 3.63) is 94.9 Å². The van der Waals surface area contributed by atoms with Crippen LogP contribution in [0.15, 0.2) is 72.7 Å². The third kappa shape index (κ3) is 4.67. The van der Waals surface area contributed by atoms with E-state index < -0.39 is 5.91 Å². The van der Waals surface area contributed by atoms with Crippen LogP contribution in [0.1, 0.15) is 29.2 Å². The molecule has 2 heterocycles. The lowest BCUT2D eigenvalue weighted by Gasteiger charge is -2.15. The summed E-state index contributed by atoms with van der Waals surface area (Å²) in [5, 5.41) is 5.86. The molecule has 4 rings (SSSR count). The van der Waals surface area contributed by atoms with E-state index in [-0.39, 0.29) is 24.1 Å². The molecule has 7 nitrogen and oxygen atoms in total. The van der Waals surface area contributed by atoms with Gasteiger partial charge >= 0.3 is 0 Å². The highest BCUT2D eigenvalue weighted by Crippen LogP contribution is 2.33. The number of aryl methyl sites for hydroxylation is 2. The molecule has 0 radical (unpaired) electrons. The van der Waals surface area contributed by atoms with Crippen molar-refractivity contribution in [3.8, 4) is 0 Å². The number of rotatable bonds is 6. The maximum atomic E-state index is 13.5. The molecule has 2 N–H and O–H groups in total. The van der Waals surface area contributed by atoms with Crippen LogP contribution in [-0.2, 0) is 20.9 Å². The van der Waals surface area contributed by atoms with Gasteiger partial charge in [-0.3, -0.25) is 24.3 Å². The van der Waals surface area contributed by atoms with Crippen LogP contribution in [-0.4, -0.2) is 27.6 Å². The first-order valence-electron chi connectivity index (χ1n) is 10.5. The summed E-state index contributed by atoms with van der Waals surface area (Å²) in [4.78, 5) is 43.4. The lowest BCUT2D eigenvalue weighted by atomic mass is 9.97. The minimum Gasteiger partial charge on any atom is -0.350 e. The summed E-state index contributed by atoms with van der Waals surface area (Å²) in [5.41, 5.74) is 5.37. The number of nitrogens with one attached hydrogen (secondary N) is 2. The van der Waals surface area contributed by atoms with Crippen molar-refractivity contribution in [2.45, 2.75) is 27.3 Å². The summed E-state index contributed by atoms with van der Waals surface area (Å²) in [6.07, 6.45) is 3.27. The number of pyridine rings is 1. The van der Waals surface area contributed by atoms with Crippen LogP contribution in [0.2, 0.25) is 0 Å². The predicted molar refractivity (Wildman–Crippen MR) is 127 cm³/mol. The van der Waals surface area contributed by atoms with Gasteiger partial charge in [0.25, 0.3) is 11.8 Å². The van der Waals surface area contributed by atoms with Crippen molar-refractivity contribution in [1.82, 2.24) is 9.88 Å². The molecule has 166 valence electrons. The number of nitrogens with zero attached hydrogens (tertiary/aromatic N) is 2. The second-order valence-electron chi connectivity index (χ2n) is 8.00. The van der Waals surface area contributed by atoms with Crippen molar-refractivity contribution in [3.63, 3.8) is 0 Å². The average molecular weight is 441 g/mol. The van der Waals surface area contributed by atoms with Crippen LogP contribution in [0.25, 0.3) is 5.57 Å². The minimum atomic E-state index is -0.391. The van der Waals surface area contributed by atoms with Gasteiger partial charge in [0.2, 0.25) is 5.91 Å². The van der Waals surface area contributed by atoms with Gasteiger partial charge in [-0.1, -0.05) is 23.8 Å². The van der Waals surface area contributed by atoms with Gasteiger partial charge in [-0.25, -0.2) is 0 Å². The molecule has 7 heteroatoms. The molecule has 0 aliphatic carbocycles. The van der Waals surface area contributed by atoms with E-state index in [1.54, 1.807) is 48.8 Å². The highest BCUT2D eigenvalue weighted by Gasteiger charge is 2.39. The van der Waals surface area contributed by atoms with Gasteiger partial charge in [-0.2, -0.15) is 0 Å². The Morgan fingerprint density at radius 3 is 2.21 bits per heavy atom. The Morgan fingerprint density at radius 1 is 0.909 bits per heavy atom. The van der Waals surface area contributed by atoms with Gasteiger partial charge < -0.3 is 10.6 Å². The van der Waals surface area contributed by atoms with Crippen molar-refractivity contribution in [2.75, 3.05) is 10.6 Å². The van der Waals surface area contributed by atoms with Gasteiger partial charge in [0.1, 0.15) is 5.70 Å². The Labute approximate surface area is 192 Å². The molecule has 1 aliphatic rings. The normalized spacial score (nSPS) is 13.5. The highest BCUT2D eigenvalue weighted by atomic mass is 16.2. The lowest BCUT2D eigenvalue weighted by molar-refractivity contribution is -0.137. The van der Waals surface area contributed by atoms with Gasteiger partial charge in [0, 0.05) is 30.7 Å². The summed E-state index contributed by atoms with van der Waals surface area (Å²) < 4.78 is 0. The van der Waals surface area contributed by atoms with Crippen LogP contribution < -0.4 is 10.6 Å². The fourth-order valence-corrected chi connectivity index (χ4v) is 3.83. The second kappa shape index (κ2) is 9.08.